The van der Waals surface area contributed by atoms with E-state index in [4.69, 9.17) is 0 Å². The van der Waals surface area contributed by atoms with Crippen LogP contribution in [0, 0.1) is 0 Å². The van der Waals surface area contributed by atoms with Crippen molar-refractivity contribution < 1.29 is 14.4 Å². The first-order chi connectivity index (χ1) is 11.1. The number of rotatable bonds is 4. The lowest BCUT2D eigenvalue weighted by molar-refractivity contribution is -0.323. The Labute approximate surface area is 135 Å². The molecule has 0 N–H and O–H groups in total. The summed E-state index contributed by atoms with van der Waals surface area (Å²) < 4.78 is 11.6. The van der Waals surface area contributed by atoms with Gasteiger partial charge in [0, 0.05) is 36.4 Å². The van der Waals surface area contributed by atoms with Crippen LogP contribution in [0.3, 0.4) is 0 Å². The van der Waals surface area contributed by atoms with E-state index in [0.29, 0.717) is 17.1 Å². The van der Waals surface area contributed by atoms with E-state index in [1.807, 2.05) is 0 Å². The molecule has 0 aromatic heterocycles. The smallest absolute Gasteiger partial charge is 0.144 e. The zero-order valence-electron chi connectivity index (χ0n) is 12.3. The van der Waals surface area contributed by atoms with Crippen molar-refractivity contribution in [3.05, 3.63) is 91.0 Å². The van der Waals surface area contributed by atoms with E-state index in [-0.39, 0.29) is 0 Å². The van der Waals surface area contributed by atoms with Gasteiger partial charge in [0.25, 0.3) is 0 Å². The number of hydrogen-bond donors (Lipinski definition) is 0. The van der Waals surface area contributed by atoms with Crippen molar-refractivity contribution in [1.29, 1.82) is 0 Å². The maximum atomic E-state index is 12.5. The monoisotopic (exact) mass is 324 g/mol. The lowest BCUT2D eigenvalue weighted by atomic mass is 10.2. The van der Waals surface area contributed by atoms with E-state index in [0.717, 1.165) is 0 Å². The van der Waals surface area contributed by atoms with E-state index < -0.39 is 12.0 Å². The molecule has 0 saturated carbocycles. The van der Waals surface area contributed by atoms with Crippen LogP contribution < -0.4 is 14.0 Å². The molecule has 0 radical (unpaired) electrons. The highest BCUT2D eigenvalue weighted by Gasteiger charge is 2.40. The summed E-state index contributed by atoms with van der Waals surface area (Å²) in [7, 11) is -5.14. The molecule has 0 saturated heterocycles. The summed E-state index contributed by atoms with van der Waals surface area (Å²) in [5, 5.41) is 0. The second-order valence-electron chi connectivity index (χ2n) is 5.11. The van der Waals surface area contributed by atoms with Crippen LogP contribution in [-0.2, 0) is 4.57 Å². The number of quaternary nitrogens is 1. The Hall–Kier alpha value is -2.23. The molecule has 0 unspecified atom stereocenters. The van der Waals surface area contributed by atoms with Gasteiger partial charge in [0.15, 0.2) is 0 Å². The van der Waals surface area contributed by atoms with Gasteiger partial charge < -0.3 is 9.79 Å². The summed E-state index contributed by atoms with van der Waals surface area (Å²) in [4.78, 5) is 25.0. The molecular formula is C18H15NO3P-. The van der Waals surface area contributed by atoms with Crippen LogP contribution in [-0.4, -0.2) is 0 Å². The number of hydrogen-bond acceptors (Lipinski definition) is 3. The van der Waals surface area contributed by atoms with Crippen molar-refractivity contribution in [2.45, 2.75) is 0 Å². The Balaban J connectivity index is 2.44. The fraction of sp³-hybridized carbons (Fsp3) is 0. The van der Waals surface area contributed by atoms with E-state index in [9.17, 15) is 14.4 Å². The van der Waals surface area contributed by atoms with Gasteiger partial charge in [-0.15, -0.1) is 0 Å². The molecule has 0 atom stereocenters. The van der Waals surface area contributed by atoms with Crippen LogP contribution in [0.4, 0.5) is 17.1 Å². The first-order valence-corrected chi connectivity index (χ1v) is 8.65. The Bertz CT molecular complexity index is 720. The van der Waals surface area contributed by atoms with Crippen LogP contribution >= 0.6 is 7.75 Å². The van der Waals surface area contributed by atoms with Gasteiger partial charge in [-0.25, -0.2) is 4.25 Å². The van der Waals surface area contributed by atoms with Crippen LogP contribution in [0.5, 0.6) is 0 Å². The third-order valence-corrected chi connectivity index (χ3v) is 5.18. The van der Waals surface area contributed by atoms with E-state index in [2.05, 4.69) is 0 Å². The van der Waals surface area contributed by atoms with Gasteiger partial charge in [-0.1, -0.05) is 54.6 Å². The highest BCUT2D eigenvalue weighted by atomic mass is 31.2. The third kappa shape index (κ3) is 2.62. The molecule has 3 rings (SSSR count). The summed E-state index contributed by atoms with van der Waals surface area (Å²) >= 11 is 0. The molecule has 3 aromatic rings. The van der Waals surface area contributed by atoms with Gasteiger partial charge in [-0.05, 0) is 0 Å². The Morgan fingerprint density at radius 2 is 0.826 bits per heavy atom. The maximum absolute atomic E-state index is 12.5. The predicted molar refractivity (Wildman–Crippen MR) is 88.0 cm³/mol. The molecule has 4 nitrogen and oxygen atoms in total. The molecule has 0 fully saturated rings. The van der Waals surface area contributed by atoms with Crippen molar-refractivity contribution in [3.8, 4) is 0 Å². The van der Waals surface area contributed by atoms with Crippen molar-refractivity contribution in [3.63, 3.8) is 0 Å². The van der Waals surface area contributed by atoms with Crippen molar-refractivity contribution in [2.24, 2.45) is 0 Å². The number of para-hydroxylation sites is 3. The highest BCUT2D eigenvalue weighted by molar-refractivity contribution is 7.49. The van der Waals surface area contributed by atoms with Crippen molar-refractivity contribution in [2.75, 3.05) is 0 Å². The fourth-order valence-electron chi connectivity index (χ4n) is 2.80. The van der Waals surface area contributed by atoms with Crippen LogP contribution in [0.15, 0.2) is 91.0 Å². The zero-order valence-corrected chi connectivity index (χ0v) is 13.2. The van der Waals surface area contributed by atoms with E-state index in [1.54, 1.807) is 91.0 Å². The third-order valence-electron chi connectivity index (χ3n) is 3.76. The second-order valence-corrected chi connectivity index (χ2v) is 6.65. The minimum Gasteiger partial charge on any atom is -0.764 e. The SMILES string of the molecule is O=P([O-])([O-])[N+](c1ccccc1)(c1ccccc1)c1ccccc1. The molecule has 0 bridgehead atoms. The minimum absolute atomic E-state index is 0.387. The second kappa shape index (κ2) is 6.11. The molecule has 0 spiro atoms. The summed E-state index contributed by atoms with van der Waals surface area (Å²) in [5.41, 5.74) is 1.16. The zero-order chi connectivity index (χ0) is 16.3. The van der Waals surface area contributed by atoms with Gasteiger partial charge in [0.2, 0.25) is 0 Å². The van der Waals surface area contributed by atoms with Crippen LogP contribution in [0.1, 0.15) is 0 Å². The lowest BCUT2D eigenvalue weighted by Crippen LogP contribution is -2.44. The lowest BCUT2D eigenvalue weighted by Gasteiger charge is -2.49. The van der Waals surface area contributed by atoms with Crippen molar-refractivity contribution in [1.82, 2.24) is 4.25 Å². The van der Waals surface area contributed by atoms with Gasteiger partial charge in [0.05, 0.1) is 0 Å². The molecule has 0 aliphatic carbocycles. The first-order valence-electron chi connectivity index (χ1n) is 7.15. The Morgan fingerprint density at radius 3 is 1.04 bits per heavy atom. The van der Waals surface area contributed by atoms with E-state index in [1.165, 1.54) is 0 Å². The minimum atomic E-state index is -5.14. The average molecular weight is 324 g/mol. The largest absolute Gasteiger partial charge is 0.764 e. The predicted octanol–water partition coefficient (Wildman–Crippen LogP) is 3.49. The van der Waals surface area contributed by atoms with Gasteiger partial charge in [-0.2, -0.15) is 0 Å². The molecule has 0 aliphatic rings. The quantitative estimate of drug-likeness (QED) is 0.690. The molecule has 0 amide bonds. The molecule has 3 aromatic carbocycles. The van der Waals surface area contributed by atoms with E-state index >= 15 is 0 Å². The summed E-state index contributed by atoms with van der Waals surface area (Å²) in [6.07, 6.45) is 0. The molecule has 23 heavy (non-hydrogen) atoms. The average Bonchev–Trinajstić information content (AvgIpc) is 2.57. The molecule has 0 heterocycles. The first kappa shape index (κ1) is 15.7. The Kier molecular flexibility index (Phi) is 4.16. The molecule has 116 valence electrons. The van der Waals surface area contributed by atoms with Gasteiger partial charge >= 0.3 is 0 Å². The maximum Gasteiger partial charge on any atom is 0.144 e. The van der Waals surface area contributed by atoms with Crippen molar-refractivity contribution >= 4 is 24.8 Å². The number of nitrogens with zero attached hydrogens (tertiary/aromatic N) is 1. The Morgan fingerprint density at radius 1 is 0.565 bits per heavy atom. The van der Waals surface area contributed by atoms with Crippen LogP contribution in [0.25, 0.3) is 0 Å². The fourth-order valence-corrected chi connectivity index (χ4v) is 4.05. The van der Waals surface area contributed by atoms with Crippen LogP contribution in [0.2, 0.25) is 0 Å². The molecule has 5 heteroatoms. The van der Waals surface area contributed by atoms with Gasteiger partial charge in [0.1, 0.15) is 24.8 Å². The highest BCUT2D eigenvalue weighted by Crippen LogP contribution is 2.58. The normalized spacial score (nSPS) is 12.1. The summed E-state index contributed by atoms with van der Waals surface area (Å²) in [6, 6.07) is 25.6. The number of benzene rings is 3. The molecule has 0 aliphatic heterocycles. The topological polar surface area (TPSA) is 63.2 Å². The summed E-state index contributed by atoms with van der Waals surface area (Å²) in [5.74, 6) is 0. The summed E-state index contributed by atoms with van der Waals surface area (Å²) in [6.45, 7) is 0. The molecular weight excluding hydrogens is 309 g/mol. The van der Waals surface area contributed by atoms with Gasteiger partial charge in [-0.3, -0.25) is 4.57 Å². The standard InChI is InChI=1S/C18H16NO3P/c20-23(21,22)19(16-10-4-1-5-11-16,17-12-6-2-7-13-17)18-14-8-3-9-15-18/h1-15H,(H-,20,21,22)/p-1.